The van der Waals surface area contributed by atoms with Crippen LogP contribution in [0.2, 0.25) is 0 Å². The minimum absolute atomic E-state index is 0.0967. The molecule has 4 atom stereocenters. The Labute approximate surface area is 222 Å². The lowest BCUT2D eigenvalue weighted by atomic mass is 10.0. The molecule has 0 spiro atoms. The largest absolute Gasteiger partial charge is 0.458 e. The van der Waals surface area contributed by atoms with E-state index in [9.17, 15) is 14.4 Å². The molecular formula is C31H30O7. The highest BCUT2D eigenvalue weighted by Crippen LogP contribution is 2.28. The van der Waals surface area contributed by atoms with E-state index in [4.69, 9.17) is 18.9 Å². The van der Waals surface area contributed by atoms with Gasteiger partial charge in [-0.1, -0.05) is 72.8 Å². The molecule has 1 aliphatic heterocycles. The van der Waals surface area contributed by atoms with Crippen LogP contribution < -0.4 is 0 Å². The van der Waals surface area contributed by atoms with Gasteiger partial charge in [0.25, 0.3) is 0 Å². The molecule has 1 saturated heterocycles. The standard InChI is InChI=1S/C31H30O7/c1-2-12-26-28(32)29(35-20-22-13-6-3-7-14-22)27(38-26)19-25(37-31(34)24-17-10-5-11-18-24)21-36-30(33)23-15-8-4-9-16-23/h2-11,13-18,25-27,29H,1,12,19-21H2. The molecule has 0 aromatic heterocycles. The molecular weight excluding hydrogens is 484 g/mol. The van der Waals surface area contributed by atoms with Crippen LogP contribution in [0.1, 0.15) is 39.1 Å². The second kappa shape index (κ2) is 13.5. The third kappa shape index (κ3) is 7.25. The minimum Gasteiger partial charge on any atom is -0.458 e. The third-order valence-electron chi connectivity index (χ3n) is 6.12. The Hall–Kier alpha value is -4.07. The maximum absolute atomic E-state index is 13.1. The monoisotopic (exact) mass is 514 g/mol. The molecule has 196 valence electrons. The number of Topliss-reactive ketones (excluding diaryl/α,β-unsaturated/α-hetero) is 1. The maximum Gasteiger partial charge on any atom is 0.338 e. The fourth-order valence-corrected chi connectivity index (χ4v) is 4.20. The molecule has 38 heavy (non-hydrogen) atoms. The van der Waals surface area contributed by atoms with E-state index in [2.05, 4.69) is 6.58 Å². The number of ether oxygens (including phenoxy) is 4. The van der Waals surface area contributed by atoms with E-state index >= 15 is 0 Å². The number of esters is 2. The van der Waals surface area contributed by atoms with Gasteiger partial charge in [-0.3, -0.25) is 4.79 Å². The molecule has 3 aromatic rings. The van der Waals surface area contributed by atoms with E-state index in [0.29, 0.717) is 17.5 Å². The van der Waals surface area contributed by atoms with E-state index < -0.39 is 36.4 Å². The van der Waals surface area contributed by atoms with Crippen molar-refractivity contribution < 1.29 is 33.3 Å². The average Bonchev–Trinajstić information content (AvgIpc) is 3.25. The van der Waals surface area contributed by atoms with Crippen LogP contribution in [0.4, 0.5) is 0 Å². The van der Waals surface area contributed by atoms with E-state index in [1.165, 1.54) is 0 Å². The second-order valence-electron chi connectivity index (χ2n) is 8.90. The summed E-state index contributed by atoms with van der Waals surface area (Å²) in [6.45, 7) is 3.72. The zero-order valence-electron chi connectivity index (χ0n) is 20.9. The molecule has 7 nitrogen and oxygen atoms in total. The Morgan fingerprint density at radius 2 is 1.45 bits per heavy atom. The van der Waals surface area contributed by atoms with Crippen molar-refractivity contribution in [2.75, 3.05) is 6.61 Å². The predicted octanol–water partition coefficient (Wildman–Crippen LogP) is 4.96. The van der Waals surface area contributed by atoms with Crippen molar-refractivity contribution in [3.8, 4) is 0 Å². The zero-order chi connectivity index (χ0) is 26.7. The lowest BCUT2D eigenvalue weighted by Crippen LogP contribution is -2.36. The van der Waals surface area contributed by atoms with Gasteiger partial charge in [-0.05, 0) is 36.2 Å². The SMILES string of the molecule is C=CCC1OC(CC(COC(=O)c2ccccc2)OC(=O)c2ccccc2)C(OCc2ccccc2)C1=O. The van der Waals surface area contributed by atoms with E-state index in [1.54, 1.807) is 66.7 Å². The van der Waals surface area contributed by atoms with Gasteiger partial charge >= 0.3 is 11.9 Å². The Balaban J connectivity index is 1.49. The number of ketones is 1. The Kier molecular flexibility index (Phi) is 9.56. The van der Waals surface area contributed by atoms with E-state index in [-0.39, 0.29) is 25.4 Å². The lowest BCUT2D eigenvalue weighted by Gasteiger charge is -2.24. The van der Waals surface area contributed by atoms with Gasteiger partial charge in [0.15, 0.2) is 5.78 Å². The zero-order valence-corrected chi connectivity index (χ0v) is 20.9. The minimum atomic E-state index is -0.876. The highest BCUT2D eigenvalue weighted by molar-refractivity contribution is 5.91. The normalized spacial score (nSPS) is 19.5. The summed E-state index contributed by atoms with van der Waals surface area (Å²) in [6.07, 6.45) is -1.12. The summed E-state index contributed by atoms with van der Waals surface area (Å²) in [5, 5.41) is 0. The van der Waals surface area contributed by atoms with Crippen LogP contribution in [0.15, 0.2) is 104 Å². The van der Waals surface area contributed by atoms with Gasteiger partial charge in [0.1, 0.15) is 24.9 Å². The Bertz CT molecular complexity index is 1210. The third-order valence-corrected chi connectivity index (χ3v) is 6.12. The highest BCUT2D eigenvalue weighted by atomic mass is 16.6. The highest BCUT2D eigenvalue weighted by Gasteiger charge is 2.45. The van der Waals surface area contributed by atoms with Crippen LogP contribution in [0.3, 0.4) is 0 Å². The quantitative estimate of drug-likeness (QED) is 0.249. The lowest BCUT2D eigenvalue weighted by molar-refractivity contribution is -0.130. The fraction of sp³-hybridized carbons (Fsp3) is 0.258. The van der Waals surface area contributed by atoms with E-state index in [0.717, 1.165) is 5.56 Å². The molecule has 1 heterocycles. The molecule has 0 radical (unpaired) electrons. The van der Waals surface area contributed by atoms with Crippen LogP contribution in [-0.4, -0.2) is 48.7 Å². The molecule has 4 unspecified atom stereocenters. The maximum atomic E-state index is 13.1. The van der Waals surface area contributed by atoms with Crippen LogP contribution in [0.25, 0.3) is 0 Å². The number of carbonyl (C=O) groups is 3. The van der Waals surface area contributed by atoms with Crippen molar-refractivity contribution in [2.45, 2.75) is 43.9 Å². The van der Waals surface area contributed by atoms with Gasteiger partial charge < -0.3 is 18.9 Å². The summed E-state index contributed by atoms with van der Waals surface area (Å²) in [7, 11) is 0. The van der Waals surface area contributed by atoms with Gasteiger partial charge in [-0.15, -0.1) is 6.58 Å². The summed E-state index contributed by atoms with van der Waals surface area (Å²) in [6, 6.07) is 26.6. The Morgan fingerprint density at radius 1 is 0.868 bits per heavy atom. The molecule has 1 fully saturated rings. The van der Waals surface area contributed by atoms with Gasteiger partial charge in [0, 0.05) is 6.42 Å². The molecule has 0 N–H and O–H groups in total. The summed E-state index contributed by atoms with van der Waals surface area (Å²) >= 11 is 0. The molecule has 1 aliphatic rings. The van der Waals surface area contributed by atoms with Crippen molar-refractivity contribution in [3.63, 3.8) is 0 Å². The summed E-state index contributed by atoms with van der Waals surface area (Å²) < 4.78 is 23.3. The van der Waals surface area contributed by atoms with Gasteiger partial charge in [0.2, 0.25) is 0 Å². The molecule has 0 bridgehead atoms. The van der Waals surface area contributed by atoms with Crippen LogP contribution in [0.5, 0.6) is 0 Å². The van der Waals surface area contributed by atoms with Crippen LogP contribution in [-0.2, 0) is 30.3 Å². The first-order valence-electron chi connectivity index (χ1n) is 12.5. The summed E-state index contributed by atoms with van der Waals surface area (Å²) in [5.41, 5.74) is 1.65. The number of hydrogen-bond acceptors (Lipinski definition) is 7. The van der Waals surface area contributed by atoms with Crippen molar-refractivity contribution >= 4 is 17.7 Å². The van der Waals surface area contributed by atoms with Crippen LogP contribution in [0, 0.1) is 0 Å². The molecule has 0 amide bonds. The first-order chi connectivity index (χ1) is 18.5. The number of carbonyl (C=O) groups excluding carboxylic acids is 3. The van der Waals surface area contributed by atoms with E-state index in [1.807, 2.05) is 30.3 Å². The smallest absolute Gasteiger partial charge is 0.338 e. The molecule has 3 aromatic carbocycles. The summed E-state index contributed by atoms with van der Waals surface area (Å²) in [4.78, 5) is 38.5. The summed E-state index contributed by atoms with van der Waals surface area (Å²) in [5.74, 6) is -1.31. The number of rotatable bonds is 12. The van der Waals surface area contributed by atoms with Gasteiger partial charge in [-0.2, -0.15) is 0 Å². The topological polar surface area (TPSA) is 88.1 Å². The second-order valence-corrected chi connectivity index (χ2v) is 8.90. The molecule has 7 heteroatoms. The molecule has 0 aliphatic carbocycles. The van der Waals surface area contributed by atoms with Crippen molar-refractivity contribution in [3.05, 3.63) is 120 Å². The number of benzene rings is 3. The first kappa shape index (κ1) is 27.0. The van der Waals surface area contributed by atoms with Crippen LogP contribution >= 0.6 is 0 Å². The molecule has 0 saturated carbocycles. The molecule has 4 rings (SSSR count). The first-order valence-corrected chi connectivity index (χ1v) is 12.5. The van der Waals surface area contributed by atoms with Gasteiger partial charge in [-0.25, -0.2) is 9.59 Å². The number of hydrogen-bond donors (Lipinski definition) is 0. The van der Waals surface area contributed by atoms with Gasteiger partial charge in [0.05, 0.1) is 23.8 Å². The Morgan fingerprint density at radius 3 is 2.05 bits per heavy atom. The van der Waals surface area contributed by atoms with Crippen molar-refractivity contribution in [1.29, 1.82) is 0 Å². The predicted molar refractivity (Wildman–Crippen MR) is 140 cm³/mol. The average molecular weight is 515 g/mol. The van der Waals surface area contributed by atoms with Crippen molar-refractivity contribution in [2.24, 2.45) is 0 Å². The fourth-order valence-electron chi connectivity index (χ4n) is 4.20. The van der Waals surface area contributed by atoms with Crippen molar-refractivity contribution in [1.82, 2.24) is 0 Å².